The van der Waals surface area contributed by atoms with Crippen molar-refractivity contribution in [3.8, 4) is 11.8 Å². The molecule has 0 amide bonds. The van der Waals surface area contributed by atoms with E-state index in [1.54, 1.807) is 23.5 Å². The molecular formula is C17H20N2OS. The van der Waals surface area contributed by atoms with E-state index in [4.69, 9.17) is 15.7 Å². The Morgan fingerprint density at radius 1 is 1.29 bits per heavy atom. The van der Waals surface area contributed by atoms with Gasteiger partial charge in [0.15, 0.2) is 0 Å². The maximum Gasteiger partial charge on any atom is 0.148 e. The smallest absolute Gasteiger partial charge is 0.148 e. The average molecular weight is 300 g/mol. The van der Waals surface area contributed by atoms with Gasteiger partial charge in [-0.1, -0.05) is 13.0 Å². The van der Waals surface area contributed by atoms with E-state index in [9.17, 15) is 0 Å². The lowest BCUT2D eigenvalue weighted by molar-refractivity contribution is 0.173. The third-order valence-electron chi connectivity index (χ3n) is 3.59. The Morgan fingerprint density at radius 3 is 2.62 bits per heavy atom. The first-order chi connectivity index (χ1) is 10.1. The predicted octanol–water partition coefficient (Wildman–Crippen LogP) is 4.09. The topological polar surface area (TPSA) is 59.0 Å². The fraction of sp³-hybridized carbons (Fsp3) is 0.353. The van der Waals surface area contributed by atoms with E-state index in [0.717, 1.165) is 22.6 Å². The molecule has 0 bridgehead atoms. The Hall–Kier alpha value is -1.83. The number of ether oxygens (including phenoxy) is 1. The highest BCUT2D eigenvalue weighted by Gasteiger charge is 2.24. The van der Waals surface area contributed by atoms with Crippen molar-refractivity contribution >= 4 is 11.3 Å². The Morgan fingerprint density at radius 2 is 2.05 bits per heavy atom. The lowest BCUT2D eigenvalue weighted by Crippen LogP contribution is -2.31. The Labute approximate surface area is 130 Å². The lowest BCUT2D eigenvalue weighted by Gasteiger charge is -2.25. The number of nitrogens with zero attached hydrogens (tertiary/aromatic N) is 1. The minimum Gasteiger partial charge on any atom is -0.483 e. The summed E-state index contributed by atoms with van der Waals surface area (Å²) in [5.41, 5.74) is 9.07. The summed E-state index contributed by atoms with van der Waals surface area (Å²) in [6.07, 6.45) is 0.654. The van der Waals surface area contributed by atoms with Crippen molar-refractivity contribution in [1.82, 2.24) is 0 Å². The first-order valence-electron chi connectivity index (χ1n) is 7.03. The van der Waals surface area contributed by atoms with Crippen molar-refractivity contribution in [3.05, 3.63) is 51.2 Å². The van der Waals surface area contributed by atoms with E-state index in [2.05, 4.69) is 31.4 Å². The van der Waals surface area contributed by atoms with E-state index in [1.807, 2.05) is 13.0 Å². The molecule has 2 atom stereocenters. The van der Waals surface area contributed by atoms with E-state index in [-0.39, 0.29) is 12.1 Å². The molecule has 0 fully saturated rings. The average Bonchev–Trinajstić information content (AvgIpc) is 2.91. The Bertz CT molecular complexity index is 657. The number of aryl methyl sites for hydroxylation is 2. The van der Waals surface area contributed by atoms with Crippen LogP contribution in [0.3, 0.4) is 0 Å². The largest absolute Gasteiger partial charge is 0.483 e. The zero-order chi connectivity index (χ0) is 15.4. The molecule has 2 N–H and O–H groups in total. The van der Waals surface area contributed by atoms with Gasteiger partial charge in [-0.15, -0.1) is 11.3 Å². The van der Waals surface area contributed by atoms with E-state index in [0.29, 0.717) is 5.56 Å². The fourth-order valence-electron chi connectivity index (χ4n) is 2.16. The van der Waals surface area contributed by atoms with Crippen LogP contribution in [-0.2, 0) is 0 Å². The second-order valence-electron chi connectivity index (χ2n) is 5.17. The highest BCUT2D eigenvalue weighted by atomic mass is 32.1. The third kappa shape index (κ3) is 3.44. The molecule has 2 aromatic rings. The van der Waals surface area contributed by atoms with Gasteiger partial charge in [0.25, 0.3) is 0 Å². The maximum absolute atomic E-state index is 9.04. The molecule has 4 heteroatoms. The minimum atomic E-state index is -0.178. The van der Waals surface area contributed by atoms with Crippen LogP contribution in [0.5, 0.6) is 5.75 Å². The quantitative estimate of drug-likeness (QED) is 0.904. The zero-order valence-corrected chi connectivity index (χ0v) is 13.4. The number of thiophene rings is 1. The van der Waals surface area contributed by atoms with Crippen LogP contribution in [0.4, 0.5) is 0 Å². The van der Waals surface area contributed by atoms with Crippen LogP contribution in [0, 0.1) is 25.2 Å². The summed E-state index contributed by atoms with van der Waals surface area (Å²) in [7, 11) is 0. The molecule has 110 valence electrons. The number of nitriles is 1. The molecule has 2 rings (SSSR count). The van der Waals surface area contributed by atoms with Crippen LogP contribution >= 0.6 is 11.3 Å². The molecule has 0 radical (unpaired) electrons. The molecule has 0 aliphatic carbocycles. The molecule has 0 aliphatic rings. The Balaban J connectivity index is 2.36. The highest BCUT2D eigenvalue weighted by Crippen LogP contribution is 2.33. The van der Waals surface area contributed by atoms with E-state index in [1.165, 1.54) is 5.56 Å². The monoisotopic (exact) mass is 300 g/mol. The molecule has 2 unspecified atom stereocenters. The van der Waals surface area contributed by atoms with Crippen molar-refractivity contribution in [3.63, 3.8) is 0 Å². The third-order valence-corrected chi connectivity index (χ3v) is 4.67. The zero-order valence-electron chi connectivity index (χ0n) is 12.6. The predicted molar refractivity (Wildman–Crippen MR) is 86.6 cm³/mol. The first-order valence-corrected chi connectivity index (χ1v) is 7.91. The number of nitrogens with two attached hydrogens (primary N) is 1. The van der Waals surface area contributed by atoms with Crippen molar-refractivity contribution < 1.29 is 4.74 Å². The molecule has 0 aliphatic heterocycles. The van der Waals surface area contributed by atoms with Gasteiger partial charge in [-0.3, -0.25) is 0 Å². The van der Waals surface area contributed by atoms with Gasteiger partial charge >= 0.3 is 0 Å². The van der Waals surface area contributed by atoms with Gasteiger partial charge in [-0.2, -0.15) is 5.26 Å². The van der Waals surface area contributed by atoms with Crippen molar-refractivity contribution in [2.75, 3.05) is 0 Å². The van der Waals surface area contributed by atoms with Gasteiger partial charge in [0.05, 0.1) is 11.6 Å². The molecule has 1 heterocycles. The summed E-state index contributed by atoms with van der Waals surface area (Å²) < 4.78 is 6.20. The summed E-state index contributed by atoms with van der Waals surface area (Å²) in [5.74, 6) is 0.732. The molecule has 1 aromatic heterocycles. The second-order valence-corrected chi connectivity index (χ2v) is 6.12. The second kappa shape index (κ2) is 6.75. The van der Waals surface area contributed by atoms with Gasteiger partial charge in [-0.25, -0.2) is 0 Å². The molecular weight excluding hydrogens is 280 g/mol. The van der Waals surface area contributed by atoms with Crippen LogP contribution < -0.4 is 10.5 Å². The van der Waals surface area contributed by atoms with E-state index >= 15 is 0 Å². The summed E-state index contributed by atoms with van der Waals surface area (Å²) in [6.45, 7) is 6.11. The van der Waals surface area contributed by atoms with Crippen LogP contribution in [0.25, 0.3) is 0 Å². The van der Waals surface area contributed by atoms with Gasteiger partial charge in [-0.05, 0) is 55.0 Å². The number of rotatable bonds is 5. The molecule has 21 heavy (non-hydrogen) atoms. The number of benzene rings is 1. The summed E-state index contributed by atoms with van der Waals surface area (Å²) >= 11 is 1.67. The minimum absolute atomic E-state index is 0.0764. The van der Waals surface area contributed by atoms with Crippen LogP contribution in [-0.4, -0.2) is 6.04 Å². The fourth-order valence-corrected chi connectivity index (χ4v) is 3.19. The van der Waals surface area contributed by atoms with Crippen LogP contribution in [0.2, 0.25) is 0 Å². The SMILES string of the molecule is CCC(N)C(Oc1cc(C#N)ccc1C)c1sccc1C. The molecule has 3 nitrogen and oxygen atoms in total. The molecule has 0 spiro atoms. The van der Waals surface area contributed by atoms with E-state index < -0.39 is 0 Å². The maximum atomic E-state index is 9.04. The van der Waals surface area contributed by atoms with Crippen molar-refractivity contribution in [2.24, 2.45) is 5.73 Å². The molecule has 0 saturated heterocycles. The van der Waals surface area contributed by atoms with Gasteiger partial charge < -0.3 is 10.5 Å². The van der Waals surface area contributed by atoms with Crippen LogP contribution in [0.1, 0.15) is 41.0 Å². The standard InChI is InChI=1S/C17H20N2OS/c1-4-14(19)16(17-12(3)7-8-21-17)20-15-9-13(10-18)6-5-11(15)2/h5-9,14,16H,4,19H2,1-3H3. The summed E-state index contributed by atoms with van der Waals surface area (Å²) in [4.78, 5) is 1.16. The van der Waals surface area contributed by atoms with Gasteiger partial charge in [0.1, 0.15) is 11.9 Å². The number of hydrogen-bond acceptors (Lipinski definition) is 4. The normalized spacial score (nSPS) is 13.5. The van der Waals surface area contributed by atoms with Gasteiger partial charge in [0.2, 0.25) is 0 Å². The summed E-state index contributed by atoms with van der Waals surface area (Å²) in [6, 6.07) is 9.64. The van der Waals surface area contributed by atoms with Crippen LogP contribution in [0.15, 0.2) is 29.6 Å². The first kappa shape index (κ1) is 15.6. The lowest BCUT2D eigenvalue weighted by atomic mass is 10.0. The van der Waals surface area contributed by atoms with Crippen molar-refractivity contribution in [1.29, 1.82) is 5.26 Å². The molecule has 1 aromatic carbocycles. The highest BCUT2D eigenvalue weighted by molar-refractivity contribution is 7.10. The van der Waals surface area contributed by atoms with Crippen molar-refractivity contribution in [2.45, 2.75) is 39.3 Å². The van der Waals surface area contributed by atoms with Gasteiger partial charge in [0, 0.05) is 10.9 Å². The Kier molecular flexibility index (Phi) is 5.00. The molecule has 0 saturated carbocycles. The summed E-state index contributed by atoms with van der Waals surface area (Å²) in [5, 5.41) is 11.1. The number of hydrogen-bond donors (Lipinski definition) is 1.